The van der Waals surface area contributed by atoms with Crippen molar-refractivity contribution >= 4 is 11.8 Å². The van der Waals surface area contributed by atoms with E-state index < -0.39 is 0 Å². The number of unbranched alkanes of at least 4 members (excludes halogenated alkanes) is 9. The Balaban J connectivity index is 1.86. The molecule has 0 unspecified atom stereocenters. The van der Waals surface area contributed by atoms with Crippen LogP contribution in [-0.4, -0.2) is 0 Å². The molecular formula is C17H31NS. The van der Waals surface area contributed by atoms with E-state index in [1.807, 2.05) is 18.0 Å². The molecular weight excluding hydrogens is 250 g/mol. The Kier molecular flexibility index (Phi) is 10.1. The predicted molar refractivity (Wildman–Crippen MR) is 89.0 cm³/mol. The highest BCUT2D eigenvalue weighted by Crippen LogP contribution is 2.28. The van der Waals surface area contributed by atoms with Crippen molar-refractivity contribution in [3.63, 3.8) is 0 Å². The third-order valence-electron chi connectivity index (χ3n) is 3.75. The second-order valence-electron chi connectivity index (χ2n) is 5.55. The van der Waals surface area contributed by atoms with E-state index in [0.717, 1.165) is 0 Å². The van der Waals surface area contributed by atoms with E-state index in [-0.39, 0.29) is 0 Å². The van der Waals surface area contributed by atoms with Gasteiger partial charge in [0.15, 0.2) is 0 Å². The average molecular weight is 282 g/mol. The maximum atomic E-state index is 3.30. The van der Waals surface area contributed by atoms with E-state index in [0.29, 0.717) is 0 Å². The molecule has 1 rings (SSSR count). The first-order valence-corrected chi connectivity index (χ1v) is 9.00. The van der Waals surface area contributed by atoms with Gasteiger partial charge in [-0.25, -0.2) is 0 Å². The molecule has 0 aromatic rings. The molecule has 0 spiro atoms. The highest BCUT2D eigenvalue weighted by molar-refractivity contribution is 8.05. The SMILES string of the molecule is CCCCCCCCCCCCC1=C(C)NC=CS1. The zero-order valence-corrected chi connectivity index (χ0v) is 13.7. The van der Waals surface area contributed by atoms with Crippen molar-refractivity contribution in [2.45, 2.75) is 84.5 Å². The molecule has 19 heavy (non-hydrogen) atoms. The molecule has 1 N–H and O–H groups in total. The van der Waals surface area contributed by atoms with E-state index in [9.17, 15) is 0 Å². The maximum absolute atomic E-state index is 3.30. The van der Waals surface area contributed by atoms with E-state index in [2.05, 4.69) is 24.6 Å². The molecule has 1 nitrogen and oxygen atoms in total. The van der Waals surface area contributed by atoms with Crippen LogP contribution in [0.5, 0.6) is 0 Å². The van der Waals surface area contributed by atoms with Gasteiger partial charge in [-0.1, -0.05) is 76.5 Å². The van der Waals surface area contributed by atoms with Gasteiger partial charge in [0, 0.05) is 16.8 Å². The molecule has 0 aromatic carbocycles. The summed E-state index contributed by atoms with van der Waals surface area (Å²) in [4.78, 5) is 1.53. The van der Waals surface area contributed by atoms with Gasteiger partial charge in [-0.2, -0.15) is 0 Å². The Morgan fingerprint density at radius 3 is 2.05 bits per heavy atom. The second kappa shape index (κ2) is 11.5. The van der Waals surface area contributed by atoms with E-state index in [1.54, 1.807) is 0 Å². The minimum atomic E-state index is 1.25. The average Bonchev–Trinajstić information content (AvgIpc) is 2.43. The highest BCUT2D eigenvalue weighted by Gasteiger charge is 2.04. The summed E-state index contributed by atoms with van der Waals surface area (Å²) in [5, 5.41) is 5.45. The van der Waals surface area contributed by atoms with Crippen LogP contribution in [-0.2, 0) is 0 Å². The number of allylic oxidation sites excluding steroid dienone is 2. The predicted octanol–water partition coefficient (Wildman–Crippen LogP) is 6.34. The quantitative estimate of drug-likeness (QED) is 0.444. The van der Waals surface area contributed by atoms with Gasteiger partial charge in [0.05, 0.1) is 0 Å². The van der Waals surface area contributed by atoms with Crippen LogP contribution in [0.2, 0.25) is 0 Å². The summed E-state index contributed by atoms with van der Waals surface area (Å²) in [7, 11) is 0. The monoisotopic (exact) mass is 281 g/mol. The normalized spacial score (nSPS) is 14.8. The van der Waals surface area contributed by atoms with Crippen molar-refractivity contribution < 1.29 is 0 Å². The largest absolute Gasteiger partial charge is 0.364 e. The summed E-state index contributed by atoms with van der Waals surface area (Å²) >= 11 is 1.89. The molecule has 0 saturated carbocycles. The standard InChI is InChI=1S/C17H31NS/c1-3-4-5-6-7-8-9-10-11-12-13-17-16(2)18-14-15-19-17/h14-15,18H,3-13H2,1-2H3. The van der Waals surface area contributed by atoms with Gasteiger partial charge in [-0.05, 0) is 25.2 Å². The Bertz CT molecular complexity index is 281. The topological polar surface area (TPSA) is 12.0 Å². The van der Waals surface area contributed by atoms with Crippen LogP contribution in [0.3, 0.4) is 0 Å². The molecule has 0 radical (unpaired) electrons. The van der Waals surface area contributed by atoms with Crippen LogP contribution < -0.4 is 5.32 Å². The van der Waals surface area contributed by atoms with Crippen molar-refractivity contribution in [3.05, 3.63) is 22.2 Å². The van der Waals surface area contributed by atoms with Crippen LogP contribution in [0.25, 0.3) is 0 Å². The summed E-state index contributed by atoms with van der Waals surface area (Å²) < 4.78 is 0. The van der Waals surface area contributed by atoms with E-state index in [1.165, 1.54) is 81.2 Å². The summed E-state index contributed by atoms with van der Waals surface area (Å²) in [5.41, 5.74) is 1.35. The molecule has 0 aromatic heterocycles. The van der Waals surface area contributed by atoms with Crippen molar-refractivity contribution in [1.82, 2.24) is 5.32 Å². The number of thioether (sulfide) groups is 1. The van der Waals surface area contributed by atoms with Crippen molar-refractivity contribution in [1.29, 1.82) is 0 Å². The molecule has 2 heteroatoms. The van der Waals surface area contributed by atoms with Gasteiger partial charge in [0.2, 0.25) is 0 Å². The fraction of sp³-hybridized carbons (Fsp3) is 0.765. The van der Waals surface area contributed by atoms with Gasteiger partial charge in [0.25, 0.3) is 0 Å². The third-order valence-corrected chi connectivity index (χ3v) is 4.82. The fourth-order valence-electron chi connectivity index (χ4n) is 2.46. The van der Waals surface area contributed by atoms with Crippen LogP contribution in [0.1, 0.15) is 84.5 Å². The molecule has 0 amide bonds. The third kappa shape index (κ3) is 8.41. The van der Waals surface area contributed by atoms with Gasteiger partial charge in [0.1, 0.15) is 0 Å². The minimum Gasteiger partial charge on any atom is -0.364 e. The molecule has 1 heterocycles. The van der Waals surface area contributed by atoms with Crippen LogP contribution >= 0.6 is 11.8 Å². The molecule has 1 aliphatic heterocycles. The number of hydrogen-bond acceptors (Lipinski definition) is 2. The molecule has 0 bridgehead atoms. The van der Waals surface area contributed by atoms with Gasteiger partial charge >= 0.3 is 0 Å². The number of hydrogen-bond donors (Lipinski definition) is 1. The van der Waals surface area contributed by atoms with Crippen LogP contribution in [0.4, 0.5) is 0 Å². The lowest BCUT2D eigenvalue weighted by molar-refractivity contribution is 0.557. The second-order valence-corrected chi connectivity index (χ2v) is 6.55. The van der Waals surface area contributed by atoms with Crippen LogP contribution in [0.15, 0.2) is 22.2 Å². The molecule has 0 fully saturated rings. The summed E-state index contributed by atoms with van der Waals surface area (Å²) in [6.45, 7) is 4.47. The van der Waals surface area contributed by atoms with Crippen molar-refractivity contribution in [2.24, 2.45) is 0 Å². The fourth-order valence-corrected chi connectivity index (χ4v) is 3.26. The first kappa shape index (κ1) is 16.7. The Labute approximate surface area is 124 Å². The van der Waals surface area contributed by atoms with Crippen LogP contribution in [0, 0.1) is 0 Å². The maximum Gasteiger partial charge on any atom is 0.0215 e. The highest BCUT2D eigenvalue weighted by atomic mass is 32.2. The zero-order chi connectivity index (χ0) is 13.8. The van der Waals surface area contributed by atoms with Gasteiger partial charge < -0.3 is 5.32 Å². The van der Waals surface area contributed by atoms with Crippen molar-refractivity contribution in [2.75, 3.05) is 0 Å². The zero-order valence-electron chi connectivity index (χ0n) is 12.8. The number of nitrogens with one attached hydrogen (secondary N) is 1. The minimum absolute atomic E-state index is 1.25. The molecule has 1 aliphatic rings. The Morgan fingerprint density at radius 1 is 0.895 bits per heavy atom. The summed E-state index contributed by atoms with van der Waals surface area (Å²) in [6, 6.07) is 0. The molecule has 0 saturated heterocycles. The van der Waals surface area contributed by atoms with Crippen molar-refractivity contribution in [3.8, 4) is 0 Å². The summed E-state index contributed by atoms with van der Waals surface area (Å²) in [6.07, 6.45) is 17.5. The van der Waals surface area contributed by atoms with E-state index in [4.69, 9.17) is 0 Å². The molecule has 0 aliphatic carbocycles. The van der Waals surface area contributed by atoms with E-state index >= 15 is 0 Å². The lowest BCUT2D eigenvalue weighted by Crippen LogP contribution is -2.06. The number of rotatable bonds is 11. The first-order chi connectivity index (χ1) is 9.34. The Morgan fingerprint density at radius 2 is 1.47 bits per heavy atom. The summed E-state index contributed by atoms with van der Waals surface area (Å²) in [5.74, 6) is 0. The molecule has 0 atom stereocenters. The first-order valence-electron chi connectivity index (χ1n) is 8.12. The molecule has 110 valence electrons. The lowest BCUT2D eigenvalue weighted by atomic mass is 10.1. The van der Waals surface area contributed by atoms with Gasteiger partial charge in [-0.3, -0.25) is 0 Å². The smallest absolute Gasteiger partial charge is 0.0215 e. The van der Waals surface area contributed by atoms with Gasteiger partial charge in [-0.15, -0.1) is 0 Å². The lowest BCUT2D eigenvalue weighted by Gasteiger charge is -2.13. The Hall–Kier alpha value is -0.370.